The molecule has 0 aromatic carbocycles. The fourth-order valence-electron chi connectivity index (χ4n) is 1.31. The zero-order valence-corrected chi connectivity index (χ0v) is 7.95. The Morgan fingerprint density at radius 3 is 2.85 bits per heavy atom. The van der Waals surface area contributed by atoms with Crippen LogP contribution in [0.25, 0.3) is 0 Å². The standard InChI is InChI=1S/C7H9N3O2S/c1-5-8-7(10(11)12)2-9(5)6-3-13-4-6/h2,6H,3-4H2,1H3. The van der Waals surface area contributed by atoms with E-state index in [0.29, 0.717) is 6.04 Å². The predicted molar refractivity (Wildman–Crippen MR) is 50.0 cm³/mol. The second-order valence-corrected chi connectivity index (χ2v) is 4.08. The molecule has 1 aliphatic rings. The summed E-state index contributed by atoms with van der Waals surface area (Å²) >= 11 is 1.85. The lowest BCUT2D eigenvalue weighted by molar-refractivity contribution is -0.389. The van der Waals surface area contributed by atoms with Crippen LogP contribution >= 0.6 is 11.8 Å². The molecule has 0 spiro atoms. The normalized spacial score (nSPS) is 17.0. The van der Waals surface area contributed by atoms with Gasteiger partial charge in [-0.15, -0.1) is 0 Å². The zero-order chi connectivity index (χ0) is 9.42. The van der Waals surface area contributed by atoms with Crippen molar-refractivity contribution in [2.45, 2.75) is 13.0 Å². The van der Waals surface area contributed by atoms with Crippen molar-refractivity contribution in [2.75, 3.05) is 11.5 Å². The Morgan fingerprint density at radius 2 is 2.46 bits per heavy atom. The van der Waals surface area contributed by atoms with Gasteiger partial charge in [0.2, 0.25) is 5.82 Å². The molecule has 1 aromatic rings. The molecule has 0 amide bonds. The van der Waals surface area contributed by atoms with Crippen LogP contribution in [0.15, 0.2) is 6.20 Å². The van der Waals surface area contributed by atoms with Gasteiger partial charge in [0.15, 0.2) is 0 Å². The van der Waals surface area contributed by atoms with Crippen LogP contribution < -0.4 is 0 Å². The molecule has 1 aromatic heterocycles. The Morgan fingerprint density at radius 1 is 1.77 bits per heavy atom. The highest BCUT2D eigenvalue weighted by Crippen LogP contribution is 2.31. The average Bonchev–Trinajstić information content (AvgIpc) is 2.29. The van der Waals surface area contributed by atoms with E-state index in [1.807, 2.05) is 16.3 Å². The van der Waals surface area contributed by atoms with Crippen LogP contribution in [0.2, 0.25) is 0 Å². The molecule has 0 aliphatic carbocycles. The molecule has 0 atom stereocenters. The summed E-state index contributed by atoms with van der Waals surface area (Å²) in [5.41, 5.74) is 0. The number of imidazole rings is 1. The molecule has 0 radical (unpaired) electrons. The highest BCUT2D eigenvalue weighted by atomic mass is 32.2. The Kier molecular flexibility index (Phi) is 1.99. The molecule has 0 saturated carbocycles. The van der Waals surface area contributed by atoms with E-state index in [-0.39, 0.29) is 5.82 Å². The summed E-state index contributed by atoms with van der Waals surface area (Å²) in [6.45, 7) is 1.80. The lowest BCUT2D eigenvalue weighted by Crippen LogP contribution is -2.23. The summed E-state index contributed by atoms with van der Waals surface area (Å²) < 4.78 is 1.90. The highest BCUT2D eigenvalue weighted by molar-refractivity contribution is 8.00. The summed E-state index contributed by atoms with van der Waals surface area (Å²) in [7, 11) is 0. The lowest BCUT2D eigenvalue weighted by atomic mass is 10.3. The first-order chi connectivity index (χ1) is 6.18. The van der Waals surface area contributed by atoms with E-state index >= 15 is 0 Å². The first-order valence-corrected chi connectivity index (χ1v) is 5.11. The van der Waals surface area contributed by atoms with E-state index in [1.165, 1.54) is 6.20 Å². The molecule has 13 heavy (non-hydrogen) atoms. The minimum Gasteiger partial charge on any atom is -0.358 e. The number of nitrogens with zero attached hydrogens (tertiary/aromatic N) is 3. The third kappa shape index (κ3) is 1.41. The second-order valence-electron chi connectivity index (χ2n) is 3.00. The van der Waals surface area contributed by atoms with Crippen molar-refractivity contribution in [3.8, 4) is 0 Å². The second kappa shape index (κ2) is 3.02. The van der Waals surface area contributed by atoms with E-state index in [0.717, 1.165) is 17.3 Å². The van der Waals surface area contributed by atoms with Crippen molar-refractivity contribution < 1.29 is 4.92 Å². The third-order valence-corrected chi connectivity index (χ3v) is 3.35. The van der Waals surface area contributed by atoms with Crippen LogP contribution in [0.4, 0.5) is 5.82 Å². The molecule has 1 fully saturated rings. The third-order valence-electron chi connectivity index (χ3n) is 2.11. The van der Waals surface area contributed by atoms with E-state index in [9.17, 15) is 10.1 Å². The van der Waals surface area contributed by atoms with Gasteiger partial charge < -0.3 is 14.7 Å². The van der Waals surface area contributed by atoms with Crippen LogP contribution in [0, 0.1) is 17.0 Å². The monoisotopic (exact) mass is 199 g/mol. The van der Waals surface area contributed by atoms with E-state index in [4.69, 9.17) is 0 Å². The molecule has 2 heterocycles. The minimum absolute atomic E-state index is 0.0469. The van der Waals surface area contributed by atoms with Gasteiger partial charge in [-0.2, -0.15) is 11.8 Å². The van der Waals surface area contributed by atoms with Crippen LogP contribution in [0.3, 0.4) is 0 Å². The van der Waals surface area contributed by atoms with Gasteiger partial charge in [0.05, 0.1) is 6.04 Å². The largest absolute Gasteiger partial charge is 0.381 e. The van der Waals surface area contributed by atoms with Crippen LogP contribution in [-0.2, 0) is 0 Å². The van der Waals surface area contributed by atoms with E-state index in [2.05, 4.69) is 4.98 Å². The average molecular weight is 199 g/mol. The summed E-state index contributed by atoms with van der Waals surface area (Å²) in [6, 6.07) is 0.409. The molecule has 70 valence electrons. The Balaban J connectivity index is 2.29. The fourth-order valence-corrected chi connectivity index (χ4v) is 2.08. The van der Waals surface area contributed by atoms with Gasteiger partial charge in [0, 0.05) is 18.4 Å². The minimum atomic E-state index is -0.449. The molecule has 2 rings (SSSR count). The predicted octanol–water partition coefficient (Wildman–Crippen LogP) is 1.39. The highest BCUT2D eigenvalue weighted by Gasteiger charge is 2.25. The Bertz CT molecular complexity index is 346. The first-order valence-electron chi connectivity index (χ1n) is 3.96. The molecule has 5 nitrogen and oxygen atoms in total. The van der Waals surface area contributed by atoms with Gasteiger partial charge in [0.1, 0.15) is 6.20 Å². The van der Waals surface area contributed by atoms with E-state index in [1.54, 1.807) is 6.92 Å². The molecule has 6 heteroatoms. The molecule has 0 bridgehead atoms. The molecule has 0 unspecified atom stereocenters. The van der Waals surface area contributed by atoms with Crippen molar-refractivity contribution in [1.29, 1.82) is 0 Å². The van der Waals surface area contributed by atoms with Crippen molar-refractivity contribution >= 4 is 17.6 Å². The van der Waals surface area contributed by atoms with Gasteiger partial charge in [-0.3, -0.25) is 0 Å². The topological polar surface area (TPSA) is 61.0 Å². The van der Waals surface area contributed by atoms with Crippen molar-refractivity contribution in [3.63, 3.8) is 0 Å². The molecule has 1 saturated heterocycles. The first kappa shape index (κ1) is 8.55. The Labute approximate surface area is 79.3 Å². The number of aromatic nitrogens is 2. The SMILES string of the molecule is Cc1nc([N+](=O)[O-])cn1C1CSC1. The number of hydrogen-bond acceptors (Lipinski definition) is 4. The summed E-state index contributed by atoms with van der Waals surface area (Å²) in [6.07, 6.45) is 1.53. The van der Waals surface area contributed by atoms with Gasteiger partial charge in [-0.25, -0.2) is 0 Å². The molecule has 0 N–H and O–H groups in total. The van der Waals surface area contributed by atoms with Gasteiger partial charge in [-0.1, -0.05) is 0 Å². The van der Waals surface area contributed by atoms with Crippen LogP contribution in [-0.4, -0.2) is 26.0 Å². The van der Waals surface area contributed by atoms with Crippen molar-refractivity contribution in [1.82, 2.24) is 9.55 Å². The van der Waals surface area contributed by atoms with E-state index < -0.39 is 4.92 Å². The van der Waals surface area contributed by atoms with Crippen LogP contribution in [0.5, 0.6) is 0 Å². The van der Waals surface area contributed by atoms with Gasteiger partial charge in [0.25, 0.3) is 0 Å². The Hall–Kier alpha value is -1.04. The smallest absolute Gasteiger partial charge is 0.358 e. The number of hydrogen-bond donors (Lipinski definition) is 0. The van der Waals surface area contributed by atoms with Gasteiger partial charge >= 0.3 is 5.82 Å². The number of nitro groups is 1. The molecular weight excluding hydrogens is 190 g/mol. The maximum Gasteiger partial charge on any atom is 0.381 e. The maximum absolute atomic E-state index is 10.4. The summed E-state index contributed by atoms with van der Waals surface area (Å²) in [5, 5.41) is 10.4. The number of rotatable bonds is 2. The summed E-state index contributed by atoms with van der Waals surface area (Å²) in [5.74, 6) is 2.76. The van der Waals surface area contributed by atoms with Crippen molar-refractivity contribution in [3.05, 3.63) is 22.1 Å². The van der Waals surface area contributed by atoms with Crippen molar-refractivity contribution in [2.24, 2.45) is 0 Å². The van der Waals surface area contributed by atoms with Crippen LogP contribution in [0.1, 0.15) is 11.9 Å². The zero-order valence-electron chi connectivity index (χ0n) is 7.14. The van der Waals surface area contributed by atoms with Gasteiger partial charge in [-0.05, 0) is 9.91 Å². The quantitative estimate of drug-likeness (QED) is 0.533. The maximum atomic E-state index is 10.4. The molecule has 1 aliphatic heterocycles. The number of aryl methyl sites for hydroxylation is 1. The number of thioether (sulfide) groups is 1. The lowest BCUT2D eigenvalue weighted by Gasteiger charge is -2.25. The molecular formula is C7H9N3O2S. The fraction of sp³-hybridized carbons (Fsp3) is 0.571. The summed E-state index contributed by atoms with van der Waals surface area (Å²) in [4.78, 5) is 13.8.